The fourth-order valence-corrected chi connectivity index (χ4v) is 5.44. The molecule has 2 aliphatic heterocycles. The highest BCUT2D eigenvalue weighted by Crippen LogP contribution is 2.40. The molecule has 6 rings (SSSR count). The maximum absolute atomic E-state index is 9.75. The van der Waals surface area contributed by atoms with Crippen LogP contribution < -0.4 is 5.32 Å². The second-order valence-electron chi connectivity index (χ2n) is 9.30. The van der Waals surface area contributed by atoms with Gasteiger partial charge in [0.1, 0.15) is 30.2 Å². The van der Waals surface area contributed by atoms with Crippen molar-refractivity contribution < 1.29 is 19.3 Å². The van der Waals surface area contributed by atoms with Gasteiger partial charge in [0.2, 0.25) is 5.28 Å². The molecule has 0 spiro atoms. The summed E-state index contributed by atoms with van der Waals surface area (Å²) >= 11 is 6.31. The summed E-state index contributed by atoms with van der Waals surface area (Å²) in [7, 11) is 0. The van der Waals surface area contributed by atoms with Gasteiger partial charge in [0.15, 0.2) is 11.4 Å². The molecule has 0 saturated carbocycles. The fourth-order valence-electron chi connectivity index (χ4n) is 5.28. The summed E-state index contributed by atoms with van der Waals surface area (Å²) in [5.74, 6) is -0.0603. The quantitative estimate of drug-likeness (QED) is 0.547. The summed E-state index contributed by atoms with van der Waals surface area (Å²) in [5.41, 5.74) is 3.26. The summed E-state index contributed by atoms with van der Waals surface area (Å²) < 4.78 is 19.8. The van der Waals surface area contributed by atoms with E-state index in [1.807, 2.05) is 13.8 Å². The predicted molar refractivity (Wildman–Crippen MR) is 121 cm³/mol. The maximum atomic E-state index is 9.75. The van der Waals surface area contributed by atoms with Crippen LogP contribution in [-0.4, -0.2) is 61.7 Å². The van der Waals surface area contributed by atoms with E-state index in [0.29, 0.717) is 18.0 Å². The minimum Gasteiger partial charge on any atom is -0.394 e. The average molecular weight is 472 g/mol. The number of halogens is 1. The highest BCUT2D eigenvalue weighted by Gasteiger charge is 2.55. The second kappa shape index (κ2) is 7.89. The first-order chi connectivity index (χ1) is 15.9. The molecule has 0 bridgehead atoms. The molecule has 3 aliphatic rings. The number of anilines is 1. The number of benzene rings is 1. The van der Waals surface area contributed by atoms with Gasteiger partial charge in [0, 0.05) is 0 Å². The zero-order chi connectivity index (χ0) is 22.7. The lowest BCUT2D eigenvalue weighted by atomic mass is 10.1. The lowest BCUT2D eigenvalue weighted by Crippen LogP contribution is -2.33. The number of aryl methyl sites for hydroxylation is 1. The van der Waals surface area contributed by atoms with Gasteiger partial charge in [-0.2, -0.15) is 15.1 Å². The number of aliphatic hydroxyl groups excluding tert-OH is 1. The molecule has 4 heterocycles. The Balaban J connectivity index is 1.28. The average Bonchev–Trinajstić information content (AvgIpc) is 3.52. The largest absolute Gasteiger partial charge is 0.394 e. The van der Waals surface area contributed by atoms with Crippen LogP contribution in [0.5, 0.6) is 0 Å². The van der Waals surface area contributed by atoms with Crippen LogP contribution in [0, 0.1) is 0 Å². The van der Waals surface area contributed by atoms with Crippen LogP contribution in [0.25, 0.3) is 11.0 Å². The molecule has 1 aromatic carbocycles. The third kappa shape index (κ3) is 3.68. The van der Waals surface area contributed by atoms with E-state index in [4.69, 9.17) is 25.8 Å². The molecule has 10 heteroatoms. The van der Waals surface area contributed by atoms with Crippen molar-refractivity contribution in [3.63, 3.8) is 0 Å². The number of aliphatic hydroxyl groups is 1. The van der Waals surface area contributed by atoms with Gasteiger partial charge < -0.3 is 24.6 Å². The van der Waals surface area contributed by atoms with Crippen molar-refractivity contribution in [2.24, 2.45) is 0 Å². The zero-order valence-electron chi connectivity index (χ0n) is 18.4. The Kier molecular flexibility index (Phi) is 5.08. The van der Waals surface area contributed by atoms with E-state index >= 15 is 0 Å². The first kappa shape index (κ1) is 21.2. The summed E-state index contributed by atoms with van der Waals surface area (Å²) in [6.07, 6.45) is 2.36. The molecule has 33 heavy (non-hydrogen) atoms. The van der Waals surface area contributed by atoms with E-state index in [1.165, 1.54) is 11.1 Å². The standard InChI is InChI=1S/C23H26ClN5O4/c1-23(2)32-18-16(31-17(11-30)19(18)33-23)10-29-21-14(9-25-29)20(27-22(24)28-21)26-15-8-7-12-5-3-4-6-13(12)15/h3-6,9,15-19,30H,7-8,10-11H2,1-2H3,(H,26,27,28)/t15-,16-,17-,18+,19-/m1/s1. The lowest BCUT2D eigenvalue weighted by Gasteiger charge is -2.23. The fraction of sp³-hybridized carbons (Fsp3) is 0.522. The van der Waals surface area contributed by atoms with Gasteiger partial charge in [-0.1, -0.05) is 24.3 Å². The Morgan fingerprint density at radius 1 is 1.18 bits per heavy atom. The first-order valence-electron chi connectivity index (χ1n) is 11.3. The van der Waals surface area contributed by atoms with Crippen molar-refractivity contribution in [1.82, 2.24) is 19.7 Å². The number of nitrogens with zero attached hydrogens (tertiary/aromatic N) is 4. The van der Waals surface area contributed by atoms with Crippen LogP contribution in [0.2, 0.25) is 5.28 Å². The van der Waals surface area contributed by atoms with E-state index < -0.39 is 11.9 Å². The molecule has 2 aromatic heterocycles. The first-order valence-corrected chi connectivity index (χ1v) is 11.6. The van der Waals surface area contributed by atoms with Gasteiger partial charge in [0.25, 0.3) is 0 Å². The van der Waals surface area contributed by atoms with E-state index in [1.54, 1.807) is 10.9 Å². The monoisotopic (exact) mass is 471 g/mol. The summed E-state index contributed by atoms with van der Waals surface area (Å²) in [6, 6.07) is 8.61. The molecule has 9 nitrogen and oxygen atoms in total. The number of ether oxygens (including phenoxy) is 3. The van der Waals surface area contributed by atoms with E-state index in [-0.39, 0.29) is 36.2 Å². The third-order valence-corrected chi connectivity index (χ3v) is 6.86. The molecule has 174 valence electrons. The van der Waals surface area contributed by atoms with Gasteiger partial charge in [-0.25, -0.2) is 4.68 Å². The number of rotatable bonds is 5. The molecule has 2 fully saturated rings. The Morgan fingerprint density at radius 2 is 1.97 bits per heavy atom. The predicted octanol–water partition coefficient (Wildman–Crippen LogP) is 2.86. The zero-order valence-corrected chi connectivity index (χ0v) is 19.2. The molecule has 2 N–H and O–H groups in total. The van der Waals surface area contributed by atoms with Crippen molar-refractivity contribution in [2.75, 3.05) is 11.9 Å². The summed E-state index contributed by atoms with van der Waals surface area (Å²) in [6.45, 7) is 3.99. The highest BCUT2D eigenvalue weighted by atomic mass is 35.5. The van der Waals surface area contributed by atoms with Gasteiger partial charge >= 0.3 is 0 Å². The molecule has 2 saturated heterocycles. The van der Waals surface area contributed by atoms with Crippen molar-refractivity contribution in [2.45, 2.75) is 69.5 Å². The number of aromatic nitrogens is 4. The van der Waals surface area contributed by atoms with Crippen LogP contribution in [0.3, 0.4) is 0 Å². The van der Waals surface area contributed by atoms with E-state index in [2.05, 4.69) is 44.6 Å². The van der Waals surface area contributed by atoms with E-state index in [0.717, 1.165) is 18.2 Å². The Labute approximate surface area is 196 Å². The Hall–Kier alpha value is -2.30. The molecular weight excluding hydrogens is 446 g/mol. The smallest absolute Gasteiger partial charge is 0.226 e. The summed E-state index contributed by atoms with van der Waals surface area (Å²) in [4.78, 5) is 8.91. The number of hydrogen-bond donors (Lipinski definition) is 2. The number of nitrogens with one attached hydrogen (secondary N) is 1. The van der Waals surface area contributed by atoms with Gasteiger partial charge in [-0.3, -0.25) is 0 Å². The highest BCUT2D eigenvalue weighted by molar-refractivity contribution is 6.28. The molecule has 0 unspecified atom stereocenters. The Bertz CT molecular complexity index is 1200. The normalized spacial score (nSPS) is 30.0. The van der Waals surface area contributed by atoms with Gasteiger partial charge in [-0.05, 0) is 49.4 Å². The second-order valence-corrected chi connectivity index (χ2v) is 9.64. The van der Waals surface area contributed by atoms with Gasteiger partial charge in [-0.15, -0.1) is 0 Å². The van der Waals surface area contributed by atoms with Crippen LogP contribution >= 0.6 is 11.6 Å². The molecule has 0 radical (unpaired) electrons. The van der Waals surface area contributed by atoms with Crippen molar-refractivity contribution in [3.05, 3.63) is 46.9 Å². The lowest BCUT2D eigenvalue weighted by molar-refractivity contribution is -0.191. The topological polar surface area (TPSA) is 104 Å². The molecular formula is C23H26ClN5O4. The summed E-state index contributed by atoms with van der Waals surface area (Å²) in [5, 5.41) is 18.8. The minimum atomic E-state index is -0.725. The maximum Gasteiger partial charge on any atom is 0.226 e. The minimum absolute atomic E-state index is 0.137. The third-order valence-electron chi connectivity index (χ3n) is 6.69. The van der Waals surface area contributed by atoms with Crippen LogP contribution in [0.4, 0.5) is 5.82 Å². The van der Waals surface area contributed by atoms with Crippen LogP contribution in [0.1, 0.15) is 37.4 Å². The van der Waals surface area contributed by atoms with Crippen LogP contribution in [-0.2, 0) is 27.2 Å². The van der Waals surface area contributed by atoms with Crippen molar-refractivity contribution in [1.29, 1.82) is 0 Å². The van der Waals surface area contributed by atoms with Gasteiger partial charge in [0.05, 0.1) is 30.8 Å². The molecule has 0 amide bonds. The molecule has 5 atom stereocenters. The van der Waals surface area contributed by atoms with Crippen molar-refractivity contribution in [3.8, 4) is 0 Å². The number of fused-ring (bicyclic) bond motifs is 3. The van der Waals surface area contributed by atoms with Crippen molar-refractivity contribution >= 4 is 28.5 Å². The SMILES string of the molecule is CC1(C)O[C@@H]2[C@H](O1)[C@@H](CO)O[C@@H]2Cn1ncc2c(N[C@@H]3CCc4ccccc43)nc(Cl)nc21. The number of hydrogen-bond acceptors (Lipinski definition) is 8. The van der Waals surface area contributed by atoms with Crippen LogP contribution in [0.15, 0.2) is 30.5 Å². The molecule has 1 aliphatic carbocycles. The molecule has 3 aromatic rings. The Morgan fingerprint density at radius 3 is 2.79 bits per heavy atom. The van der Waals surface area contributed by atoms with E-state index in [9.17, 15) is 5.11 Å².